The fraction of sp³-hybridized carbons (Fsp3) is 0.800. The number of hydrogen-bond donors (Lipinski definition) is 2. The van der Waals surface area contributed by atoms with Crippen LogP contribution in [0.25, 0.3) is 0 Å². The maximum absolute atomic E-state index is 10.4. The standard InChI is InChI=1S/C5H7Cl2NO2/c6-2-1-8-4(3(2)7)5(9)10/h2-4,8H,1H2,(H,9,10)/t2?,3?,4-/m0/s1. The Balaban J connectivity index is 2.57. The maximum atomic E-state index is 10.4. The number of carboxylic acid groups (broad SMARTS) is 1. The summed E-state index contributed by atoms with van der Waals surface area (Å²) in [5.74, 6) is -0.942. The third-order valence-corrected chi connectivity index (χ3v) is 2.57. The molecule has 3 nitrogen and oxygen atoms in total. The lowest BCUT2D eigenvalue weighted by Gasteiger charge is -2.08. The highest BCUT2D eigenvalue weighted by molar-refractivity contribution is 6.31. The number of carboxylic acids is 1. The Bertz CT molecular complexity index is 153. The van der Waals surface area contributed by atoms with Crippen LogP contribution in [0.4, 0.5) is 0 Å². The molecule has 0 aromatic rings. The SMILES string of the molecule is O=C(O)[C@H]1NCC(Cl)C1Cl. The molecule has 10 heavy (non-hydrogen) atoms. The Morgan fingerprint density at radius 2 is 2.20 bits per heavy atom. The lowest BCUT2D eigenvalue weighted by atomic mass is 10.2. The zero-order chi connectivity index (χ0) is 7.72. The van der Waals surface area contributed by atoms with Crippen molar-refractivity contribution in [2.75, 3.05) is 6.54 Å². The van der Waals surface area contributed by atoms with Crippen molar-refractivity contribution in [1.82, 2.24) is 5.32 Å². The van der Waals surface area contributed by atoms with Crippen molar-refractivity contribution in [3.63, 3.8) is 0 Å². The van der Waals surface area contributed by atoms with E-state index in [2.05, 4.69) is 5.32 Å². The van der Waals surface area contributed by atoms with Crippen molar-refractivity contribution >= 4 is 29.2 Å². The van der Waals surface area contributed by atoms with Crippen molar-refractivity contribution in [3.05, 3.63) is 0 Å². The van der Waals surface area contributed by atoms with E-state index in [0.717, 1.165) is 0 Å². The van der Waals surface area contributed by atoms with E-state index >= 15 is 0 Å². The van der Waals surface area contributed by atoms with Crippen LogP contribution in [0.2, 0.25) is 0 Å². The molecule has 2 unspecified atom stereocenters. The Hall–Kier alpha value is 0.01000. The highest BCUT2D eigenvalue weighted by Gasteiger charge is 2.37. The van der Waals surface area contributed by atoms with Crippen LogP contribution in [-0.4, -0.2) is 34.4 Å². The second-order valence-corrected chi connectivity index (χ2v) is 3.25. The monoisotopic (exact) mass is 183 g/mol. The maximum Gasteiger partial charge on any atom is 0.322 e. The molecule has 1 rings (SSSR count). The van der Waals surface area contributed by atoms with Crippen LogP contribution < -0.4 is 5.32 Å². The molecule has 0 radical (unpaired) electrons. The smallest absolute Gasteiger partial charge is 0.322 e. The quantitative estimate of drug-likeness (QED) is 0.574. The Kier molecular flexibility index (Phi) is 2.39. The predicted molar refractivity (Wildman–Crippen MR) is 38.7 cm³/mol. The Morgan fingerprint density at radius 3 is 2.40 bits per heavy atom. The fourth-order valence-electron chi connectivity index (χ4n) is 0.897. The van der Waals surface area contributed by atoms with Crippen LogP contribution in [0.5, 0.6) is 0 Å². The van der Waals surface area contributed by atoms with Gasteiger partial charge in [-0.25, -0.2) is 0 Å². The summed E-state index contributed by atoms with van der Waals surface area (Å²) in [4.78, 5) is 10.4. The molecule has 3 atom stereocenters. The van der Waals surface area contributed by atoms with Gasteiger partial charge in [0, 0.05) is 6.54 Å². The fourth-order valence-corrected chi connectivity index (χ4v) is 1.42. The number of nitrogens with one attached hydrogen (secondary N) is 1. The topological polar surface area (TPSA) is 49.3 Å². The molecule has 1 saturated heterocycles. The number of aliphatic carboxylic acids is 1. The summed E-state index contributed by atoms with van der Waals surface area (Å²) in [6.07, 6.45) is 0. The minimum absolute atomic E-state index is 0.275. The van der Waals surface area contributed by atoms with Crippen LogP contribution in [0, 0.1) is 0 Å². The summed E-state index contributed by atoms with van der Waals surface area (Å²) in [5, 5.41) is 10.4. The van der Waals surface area contributed by atoms with Crippen LogP contribution in [0.15, 0.2) is 0 Å². The predicted octanol–water partition coefficient (Wildman–Crippen LogP) is 0.258. The zero-order valence-corrected chi connectivity index (χ0v) is 6.56. The van der Waals surface area contributed by atoms with Gasteiger partial charge in [0.1, 0.15) is 6.04 Å². The summed E-state index contributed by atoms with van der Waals surface area (Å²) in [7, 11) is 0. The van der Waals surface area contributed by atoms with Crippen molar-refractivity contribution in [2.45, 2.75) is 16.8 Å². The summed E-state index contributed by atoms with van der Waals surface area (Å²) in [6.45, 7) is 0.465. The lowest BCUT2D eigenvalue weighted by Crippen LogP contribution is -2.36. The van der Waals surface area contributed by atoms with Crippen molar-refractivity contribution < 1.29 is 9.90 Å². The molecule has 0 aromatic carbocycles. The van der Waals surface area contributed by atoms with Crippen LogP contribution >= 0.6 is 23.2 Å². The Morgan fingerprint density at radius 1 is 1.60 bits per heavy atom. The molecule has 1 fully saturated rings. The Labute approximate surface area is 68.3 Å². The first-order chi connectivity index (χ1) is 4.63. The molecule has 0 aliphatic carbocycles. The van der Waals surface area contributed by atoms with Gasteiger partial charge in [0.25, 0.3) is 0 Å². The van der Waals surface area contributed by atoms with Crippen molar-refractivity contribution in [1.29, 1.82) is 0 Å². The van der Waals surface area contributed by atoms with E-state index in [1.807, 2.05) is 0 Å². The molecule has 0 bridgehead atoms. The molecule has 0 amide bonds. The highest BCUT2D eigenvalue weighted by Crippen LogP contribution is 2.19. The molecule has 5 heteroatoms. The lowest BCUT2D eigenvalue weighted by molar-refractivity contribution is -0.138. The van der Waals surface area contributed by atoms with E-state index in [1.54, 1.807) is 0 Å². The molecule has 0 aromatic heterocycles. The summed E-state index contributed by atoms with van der Waals surface area (Å²) in [6, 6.07) is -0.691. The normalized spacial score (nSPS) is 40.0. The van der Waals surface area contributed by atoms with Gasteiger partial charge in [0.2, 0.25) is 0 Å². The first kappa shape index (κ1) is 8.11. The molecule has 0 saturated carbocycles. The summed E-state index contributed by atoms with van der Waals surface area (Å²) in [5.41, 5.74) is 0. The molecular weight excluding hydrogens is 177 g/mol. The number of alkyl halides is 2. The van der Waals surface area contributed by atoms with E-state index in [-0.39, 0.29) is 5.38 Å². The summed E-state index contributed by atoms with van der Waals surface area (Å²) < 4.78 is 0. The van der Waals surface area contributed by atoms with Crippen LogP contribution in [-0.2, 0) is 4.79 Å². The minimum atomic E-state index is -0.942. The third-order valence-electron chi connectivity index (χ3n) is 1.46. The first-order valence-electron chi connectivity index (χ1n) is 2.87. The van der Waals surface area contributed by atoms with E-state index < -0.39 is 17.4 Å². The molecule has 1 aliphatic heterocycles. The van der Waals surface area contributed by atoms with Gasteiger partial charge in [-0.3, -0.25) is 4.79 Å². The molecular formula is C5H7Cl2NO2. The van der Waals surface area contributed by atoms with Gasteiger partial charge in [-0.05, 0) is 0 Å². The molecule has 0 spiro atoms. The van der Waals surface area contributed by atoms with Crippen molar-refractivity contribution in [3.8, 4) is 0 Å². The van der Waals surface area contributed by atoms with Crippen LogP contribution in [0.3, 0.4) is 0 Å². The van der Waals surface area contributed by atoms with Gasteiger partial charge < -0.3 is 10.4 Å². The minimum Gasteiger partial charge on any atom is -0.480 e. The second kappa shape index (κ2) is 2.95. The second-order valence-electron chi connectivity index (χ2n) is 2.18. The molecule has 58 valence electrons. The van der Waals surface area contributed by atoms with Crippen LogP contribution in [0.1, 0.15) is 0 Å². The van der Waals surface area contributed by atoms with E-state index in [4.69, 9.17) is 28.3 Å². The number of halogens is 2. The first-order valence-corrected chi connectivity index (χ1v) is 3.74. The van der Waals surface area contributed by atoms with Gasteiger partial charge in [-0.2, -0.15) is 0 Å². The molecule has 1 heterocycles. The highest BCUT2D eigenvalue weighted by atomic mass is 35.5. The van der Waals surface area contributed by atoms with E-state index in [1.165, 1.54) is 0 Å². The average Bonchev–Trinajstić information content (AvgIpc) is 2.14. The average molecular weight is 184 g/mol. The molecule has 2 N–H and O–H groups in total. The van der Waals surface area contributed by atoms with Gasteiger partial charge in [-0.1, -0.05) is 0 Å². The van der Waals surface area contributed by atoms with Gasteiger partial charge in [0.05, 0.1) is 10.8 Å². The number of carbonyl (C=O) groups is 1. The number of hydrogen-bond acceptors (Lipinski definition) is 2. The van der Waals surface area contributed by atoms with E-state index in [0.29, 0.717) is 6.54 Å². The summed E-state index contributed by atoms with van der Waals surface area (Å²) >= 11 is 11.3. The third kappa shape index (κ3) is 1.36. The van der Waals surface area contributed by atoms with Crippen molar-refractivity contribution in [2.24, 2.45) is 0 Å². The number of rotatable bonds is 1. The van der Waals surface area contributed by atoms with E-state index in [9.17, 15) is 4.79 Å². The largest absolute Gasteiger partial charge is 0.480 e. The van der Waals surface area contributed by atoms with Gasteiger partial charge in [-0.15, -0.1) is 23.2 Å². The van der Waals surface area contributed by atoms with Gasteiger partial charge in [0.15, 0.2) is 0 Å². The molecule has 1 aliphatic rings. The zero-order valence-electron chi connectivity index (χ0n) is 5.05. The van der Waals surface area contributed by atoms with Gasteiger partial charge >= 0.3 is 5.97 Å².